The van der Waals surface area contributed by atoms with Crippen LogP contribution in [0.1, 0.15) is 6.42 Å². The van der Waals surface area contributed by atoms with E-state index in [0.29, 0.717) is 24.0 Å². The Morgan fingerprint density at radius 3 is 2.75 bits per heavy atom. The monoisotopic (exact) mass is 226 g/mol. The van der Waals surface area contributed by atoms with Crippen molar-refractivity contribution in [2.24, 2.45) is 0 Å². The number of ether oxygens (including phenoxy) is 2. The first-order chi connectivity index (χ1) is 7.70. The van der Waals surface area contributed by atoms with E-state index < -0.39 is 0 Å². The third kappa shape index (κ3) is 2.96. The molecule has 0 saturated heterocycles. The van der Waals surface area contributed by atoms with Gasteiger partial charge in [-0.25, -0.2) is 9.97 Å². The second kappa shape index (κ2) is 6.12. The molecule has 1 rings (SSSR count). The van der Waals surface area contributed by atoms with Crippen LogP contribution in [0.25, 0.3) is 0 Å². The fourth-order valence-electron chi connectivity index (χ4n) is 1.40. The van der Waals surface area contributed by atoms with E-state index in [4.69, 9.17) is 15.2 Å². The maximum Gasteiger partial charge on any atom is 0.204 e. The number of nitrogen functional groups attached to an aromatic ring is 1. The zero-order valence-corrected chi connectivity index (χ0v) is 9.93. The van der Waals surface area contributed by atoms with Crippen LogP contribution in [0.4, 0.5) is 11.6 Å². The maximum absolute atomic E-state index is 5.70. The van der Waals surface area contributed by atoms with Crippen LogP contribution >= 0.6 is 0 Å². The van der Waals surface area contributed by atoms with Gasteiger partial charge in [0.05, 0.1) is 7.11 Å². The van der Waals surface area contributed by atoms with Gasteiger partial charge in [0.25, 0.3) is 0 Å². The molecule has 1 heterocycles. The Labute approximate surface area is 95.4 Å². The quantitative estimate of drug-likeness (QED) is 0.714. The molecule has 1 aromatic heterocycles. The number of hydrogen-bond acceptors (Lipinski definition) is 6. The lowest BCUT2D eigenvalue weighted by atomic mass is 10.4. The summed E-state index contributed by atoms with van der Waals surface area (Å²) in [7, 11) is 5.17. The standard InChI is InChI=1S/C10H18N4O2/c1-14(5-4-6-15-2)10-8(16-3)9(11)12-7-13-10/h7H,4-6H2,1-3H3,(H2,11,12,13). The topological polar surface area (TPSA) is 73.5 Å². The van der Waals surface area contributed by atoms with E-state index in [0.717, 1.165) is 13.0 Å². The van der Waals surface area contributed by atoms with Gasteiger partial charge < -0.3 is 20.1 Å². The number of nitrogens with two attached hydrogens (primary N) is 1. The summed E-state index contributed by atoms with van der Waals surface area (Å²) in [6.07, 6.45) is 2.35. The van der Waals surface area contributed by atoms with Crippen LogP contribution < -0.4 is 15.4 Å². The highest BCUT2D eigenvalue weighted by Crippen LogP contribution is 2.28. The van der Waals surface area contributed by atoms with E-state index in [-0.39, 0.29) is 0 Å². The van der Waals surface area contributed by atoms with Gasteiger partial charge in [0.15, 0.2) is 11.6 Å². The number of anilines is 2. The van der Waals surface area contributed by atoms with Crippen LogP contribution in [-0.4, -0.2) is 44.4 Å². The van der Waals surface area contributed by atoms with Gasteiger partial charge in [-0.05, 0) is 6.42 Å². The Hall–Kier alpha value is -1.56. The first-order valence-corrected chi connectivity index (χ1v) is 5.05. The first kappa shape index (κ1) is 12.5. The Morgan fingerprint density at radius 2 is 2.12 bits per heavy atom. The highest BCUT2D eigenvalue weighted by molar-refractivity contribution is 5.62. The molecule has 0 aliphatic heterocycles. The summed E-state index contributed by atoms with van der Waals surface area (Å²) in [6, 6.07) is 0. The predicted octanol–water partition coefficient (Wildman–Crippen LogP) is 0.540. The number of aromatic nitrogens is 2. The number of methoxy groups -OCH3 is 2. The smallest absolute Gasteiger partial charge is 0.204 e. The van der Waals surface area contributed by atoms with E-state index in [9.17, 15) is 0 Å². The Bertz CT molecular complexity index is 333. The molecule has 16 heavy (non-hydrogen) atoms. The largest absolute Gasteiger partial charge is 0.490 e. The van der Waals surface area contributed by atoms with Crippen molar-refractivity contribution in [1.82, 2.24) is 9.97 Å². The first-order valence-electron chi connectivity index (χ1n) is 5.05. The van der Waals surface area contributed by atoms with Crippen LogP contribution in [-0.2, 0) is 4.74 Å². The second-order valence-corrected chi connectivity index (χ2v) is 3.38. The maximum atomic E-state index is 5.70. The SMILES string of the molecule is COCCCN(C)c1ncnc(N)c1OC. The molecule has 0 bridgehead atoms. The van der Waals surface area contributed by atoms with Crippen molar-refractivity contribution in [1.29, 1.82) is 0 Å². The van der Waals surface area contributed by atoms with Crippen molar-refractivity contribution >= 4 is 11.6 Å². The fraction of sp³-hybridized carbons (Fsp3) is 0.600. The molecule has 2 N–H and O–H groups in total. The minimum absolute atomic E-state index is 0.353. The lowest BCUT2D eigenvalue weighted by molar-refractivity contribution is 0.196. The van der Waals surface area contributed by atoms with Crippen LogP contribution in [0.15, 0.2) is 6.33 Å². The van der Waals surface area contributed by atoms with Crippen LogP contribution in [0, 0.1) is 0 Å². The van der Waals surface area contributed by atoms with Gasteiger partial charge in [0.2, 0.25) is 5.75 Å². The minimum atomic E-state index is 0.353. The van der Waals surface area contributed by atoms with Gasteiger partial charge >= 0.3 is 0 Å². The van der Waals surface area contributed by atoms with Gasteiger partial charge in [-0.3, -0.25) is 0 Å². The Morgan fingerprint density at radius 1 is 1.38 bits per heavy atom. The average molecular weight is 226 g/mol. The Balaban J connectivity index is 2.74. The van der Waals surface area contributed by atoms with Crippen LogP contribution in [0.5, 0.6) is 5.75 Å². The van der Waals surface area contributed by atoms with Gasteiger partial charge in [-0.15, -0.1) is 0 Å². The van der Waals surface area contributed by atoms with E-state index in [1.165, 1.54) is 6.33 Å². The molecule has 6 nitrogen and oxygen atoms in total. The third-order valence-corrected chi connectivity index (χ3v) is 2.22. The molecule has 0 fully saturated rings. The van der Waals surface area contributed by atoms with Crippen molar-refractivity contribution < 1.29 is 9.47 Å². The predicted molar refractivity (Wildman–Crippen MR) is 62.8 cm³/mol. The normalized spacial score (nSPS) is 10.2. The van der Waals surface area contributed by atoms with E-state index in [2.05, 4.69) is 9.97 Å². The summed E-state index contributed by atoms with van der Waals surface area (Å²) in [5.74, 6) is 1.57. The van der Waals surface area contributed by atoms with Gasteiger partial charge in [-0.2, -0.15) is 0 Å². The zero-order valence-electron chi connectivity index (χ0n) is 9.93. The van der Waals surface area contributed by atoms with Gasteiger partial charge in [0, 0.05) is 27.3 Å². The summed E-state index contributed by atoms with van der Waals surface area (Å²) in [6.45, 7) is 1.54. The second-order valence-electron chi connectivity index (χ2n) is 3.38. The summed E-state index contributed by atoms with van der Waals surface area (Å²) in [5.41, 5.74) is 5.70. The molecule has 0 atom stereocenters. The summed E-state index contributed by atoms with van der Waals surface area (Å²) < 4.78 is 10.2. The molecule has 0 unspecified atom stereocenters. The number of nitrogens with zero attached hydrogens (tertiary/aromatic N) is 3. The van der Waals surface area contributed by atoms with Crippen molar-refractivity contribution in [3.63, 3.8) is 0 Å². The van der Waals surface area contributed by atoms with Crippen molar-refractivity contribution in [2.45, 2.75) is 6.42 Å². The van der Waals surface area contributed by atoms with Gasteiger partial charge in [-0.1, -0.05) is 0 Å². The molecule has 0 aliphatic carbocycles. The summed E-state index contributed by atoms with van der Waals surface area (Å²) in [5, 5.41) is 0. The van der Waals surface area contributed by atoms with Crippen LogP contribution in [0.3, 0.4) is 0 Å². The van der Waals surface area contributed by atoms with E-state index in [1.54, 1.807) is 14.2 Å². The van der Waals surface area contributed by atoms with Crippen LogP contribution in [0.2, 0.25) is 0 Å². The Kier molecular flexibility index (Phi) is 4.78. The minimum Gasteiger partial charge on any atom is -0.490 e. The molecule has 90 valence electrons. The molecular weight excluding hydrogens is 208 g/mol. The van der Waals surface area contributed by atoms with Gasteiger partial charge in [0.1, 0.15) is 6.33 Å². The van der Waals surface area contributed by atoms with Crippen molar-refractivity contribution in [3.05, 3.63) is 6.33 Å². The summed E-state index contributed by atoms with van der Waals surface area (Å²) >= 11 is 0. The molecule has 0 amide bonds. The molecular formula is C10H18N4O2. The highest BCUT2D eigenvalue weighted by atomic mass is 16.5. The summed E-state index contributed by atoms with van der Waals surface area (Å²) in [4.78, 5) is 10.0. The fourth-order valence-corrected chi connectivity index (χ4v) is 1.40. The molecule has 0 aromatic carbocycles. The van der Waals surface area contributed by atoms with Crippen molar-refractivity contribution in [3.8, 4) is 5.75 Å². The molecule has 0 radical (unpaired) electrons. The molecule has 6 heteroatoms. The van der Waals surface area contributed by atoms with E-state index >= 15 is 0 Å². The zero-order chi connectivity index (χ0) is 12.0. The number of hydrogen-bond donors (Lipinski definition) is 1. The molecule has 0 saturated carbocycles. The third-order valence-electron chi connectivity index (χ3n) is 2.22. The molecule has 1 aromatic rings. The average Bonchev–Trinajstić information content (AvgIpc) is 2.29. The molecule has 0 spiro atoms. The number of rotatable bonds is 6. The lowest BCUT2D eigenvalue weighted by Gasteiger charge is -2.20. The van der Waals surface area contributed by atoms with E-state index in [1.807, 2.05) is 11.9 Å². The molecule has 0 aliphatic rings. The van der Waals surface area contributed by atoms with Crippen molar-refractivity contribution in [2.75, 3.05) is 45.1 Å². The highest BCUT2D eigenvalue weighted by Gasteiger charge is 2.13. The lowest BCUT2D eigenvalue weighted by Crippen LogP contribution is -2.22.